The molecule has 3 unspecified atom stereocenters. The fourth-order valence-corrected chi connectivity index (χ4v) is 1.47. The van der Waals surface area contributed by atoms with Crippen molar-refractivity contribution in [1.82, 2.24) is 0 Å². The third-order valence-corrected chi connectivity index (χ3v) is 2.13. The van der Waals surface area contributed by atoms with Crippen molar-refractivity contribution in [2.75, 3.05) is 6.61 Å². The predicted octanol–water partition coefficient (Wildman–Crippen LogP) is -0.0645. The van der Waals surface area contributed by atoms with Crippen LogP contribution in [0.3, 0.4) is 0 Å². The Labute approximate surface area is 84.6 Å². The molecule has 0 radical (unpaired) electrons. The summed E-state index contributed by atoms with van der Waals surface area (Å²) in [6.45, 7) is 3.24. The minimum atomic E-state index is -1.83. The largest absolute Gasteiger partial charge is 0.447 e. The summed E-state index contributed by atoms with van der Waals surface area (Å²) < 4.78 is 24.6. The second-order valence-corrected chi connectivity index (χ2v) is 3.38. The first-order valence-corrected chi connectivity index (χ1v) is 4.98. The van der Waals surface area contributed by atoms with E-state index in [9.17, 15) is 9.00 Å². The molecule has 0 bridgehead atoms. The van der Waals surface area contributed by atoms with Gasteiger partial charge < -0.3 is 4.74 Å². The molecule has 0 amide bonds. The van der Waals surface area contributed by atoms with Gasteiger partial charge in [-0.25, -0.2) is 4.79 Å². The van der Waals surface area contributed by atoms with Crippen LogP contribution in [0.1, 0.15) is 13.8 Å². The van der Waals surface area contributed by atoms with E-state index in [0.717, 1.165) is 0 Å². The van der Waals surface area contributed by atoms with Gasteiger partial charge in [0.1, 0.15) is 6.61 Å². The van der Waals surface area contributed by atoms with E-state index in [1.165, 1.54) is 0 Å². The molecule has 0 aromatic rings. The second kappa shape index (κ2) is 5.10. The van der Waals surface area contributed by atoms with Crippen molar-refractivity contribution < 1.29 is 22.1 Å². The number of esters is 1. The van der Waals surface area contributed by atoms with Crippen LogP contribution >= 0.6 is 0 Å². The van der Waals surface area contributed by atoms with Crippen molar-refractivity contribution in [1.29, 1.82) is 0 Å². The lowest BCUT2D eigenvalue weighted by atomic mass is 10.3. The van der Waals surface area contributed by atoms with Gasteiger partial charge in [-0.1, -0.05) is 5.92 Å². The van der Waals surface area contributed by atoms with Gasteiger partial charge in [0.15, 0.2) is 12.2 Å². The number of carbonyl (C=O) groups is 1. The summed E-state index contributed by atoms with van der Waals surface area (Å²) in [5, 5.41) is 0. The highest BCUT2D eigenvalue weighted by Gasteiger charge is 2.32. The molecule has 1 heterocycles. The Kier molecular flexibility index (Phi) is 4.07. The van der Waals surface area contributed by atoms with E-state index in [4.69, 9.17) is 4.74 Å². The lowest BCUT2D eigenvalue weighted by Crippen LogP contribution is -2.28. The number of ether oxygens (including phenoxy) is 1. The summed E-state index contributed by atoms with van der Waals surface area (Å²) in [6, 6.07) is 0. The van der Waals surface area contributed by atoms with Crippen LogP contribution in [0, 0.1) is 11.8 Å². The van der Waals surface area contributed by atoms with Crippen molar-refractivity contribution >= 4 is 17.3 Å². The predicted molar refractivity (Wildman–Crippen MR) is 48.0 cm³/mol. The molecule has 0 aromatic heterocycles. The van der Waals surface area contributed by atoms with Gasteiger partial charge in [-0.15, -0.1) is 5.92 Å². The maximum Gasteiger partial charge on any atom is 0.340 e. The smallest absolute Gasteiger partial charge is 0.340 e. The quantitative estimate of drug-likeness (QED) is 0.480. The summed E-state index contributed by atoms with van der Waals surface area (Å²) in [5.41, 5.74) is 0. The van der Waals surface area contributed by atoms with E-state index in [2.05, 4.69) is 20.2 Å². The van der Waals surface area contributed by atoms with Crippen molar-refractivity contribution in [2.45, 2.75) is 26.1 Å². The van der Waals surface area contributed by atoms with E-state index in [1.807, 2.05) is 0 Å². The standard InChI is InChI=1S/C8H10O5S/c1-3-4-6(2)12-8(9)7-5-11-14(10)13-7/h6-7H,5H2,1-2H3. The Balaban J connectivity index is 2.41. The molecule has 5 nitrogen and oxygen atoms in total. The molecule has 14 heavy (non-hydrogen) atoms. The highest BCUT2D eigenvalue weighted by molar-refractivity contribution is 7.75. The van der Waals surface area contributed by atoms with Crippen molar-refractivity contribution in [3.8, 4) is 11.8 Å². The molecular weight excluding hydrogens is 208 g/mol. The van der Waals surface area contributed by atoms with Gasteiger partial charge in [-0.05, 0) is 13.8 Å². The summed E-state index contributed by atoms with van der Waals surface area (Å²) in [6.07, 6.45) is -1.40. The minimum absolute atomic E-state index is 0.0439. The number of carbonyl (C=O) groups excluding carboxylic acids is 1. The van der Waals surface area contributed by atoms with E-state index < -0.39 is 29.5 Å². The SMILES string of the molecule is CC#CC(C)OC(=O)C1COS(=O)O1. The molecule has 0 saturated carbocycles. The van der Waals surface area contributed by atoms with E-state index in [-0.39, 0.29) is 6.61 Å². The molecule has 1 fully saturated rings. The van der Waals surface area contributed by atoms with Gasteiger partial charge in [0.25, 0.3) is 0 Å². The Morgan fingerprint density at radius 2 is 2.43 bits per heavy atom. The van der Waals surface area contributed by atoms with E-state index in [0.29, 0.717) is 0 Å². The molecule has 6 heteroatoms. The maximum absolute atomic E-state index is 11.2. The molecule has 0 spiro atoms. The van der Waals surface area contributed by atoms with Gasteiger partial charge in [0, 0.05) is 0 Å². The Morgan fingerprint density at radius 3 is 2.93 bits per heavy atom. The first-order valence-electron chi connectivity index (χ1n) is 3.98. The first-order chi connectivity index (χ1) is 6.63. The lowest BCUT2D eigenvalue weighted by molar-refractivity contribution is -0.153. The Morgan fingerprint density at radius 1 is 1.71 bits per heavy atom. The van der Waals surface area contributed by atoms with Crippen LogP contribution in [-0.2, 0) is 29.3 Å². The fourth-order valence-electron chi connectivity index (χ4n) is 0.858. The monoisotopic (exact) mass is 218 g/mol. The highest BCUT2D eigenvalue weighted by Crippen LogP contribution is 2.10. The first kappa shape index (κ1) is 11.2. The molecule has 78 valence electrons. The van der Waals surface area contributed by atoms with Crippen LogP contribution in [-0.4, -0.2) is 29.0 Å². The summed E-state index contributed by atoms with van der Waals surface area (Å²) in [7, 11) is 0. The third-order valence-electron chi connectivity index (χ3n) is 1.41. The van der Waals surface area contributed by atoms with Gasteiger partial charge in [0.2, 0.25) is 0 Å². The van der Waals surface area contributed by atoms with E-state index >= 15 is 0 Å². The molecule has 0 aliphatic carbocycles. The van der Waals surface area contributed by atoms with Gasteiger partial charge >= 0.3 is 17.3 Å². The topological polar surface area (TPSA) is 61.8 Å². The fraction of sp³-hybridized carbons (Fsp3) is 0.625. The Bertz CT molecular complexity index is 303. The lowest BCUT2D eigenvalue weighted by Gasteiger charge is -2.09. The summed E-state index contributed by atoms with van der Waals surface area (Å²) in [4.78, 5) is 11.2. The molecule has 0 N–H and O–H groups in total. The molecule has 1 aliphatic rings. The van der Waals surface area contributed by atoms with Crippen LogP contribution in [0.25, 0.3) is 0 Å². The zero-order chi connectivity index (χ0) is 10.6. The van der Waals surface area contributed by atoms with Crippen LogP contribution in [0.4, 0.5) is 0 Å². The van der Waals surface area contributed by atoms with Gasteiger partial charge in [0.05, 0.1) is 0 Å². The zero-order valence-corrected chi connectivity index (χ0v) is 8.63. The van der Waals surface area contributed by atoms with E-state index in [1.54, 1.807) is 13.8 Å². The number of hydrogen-bond acceptors (Lipinski definition) is 5. The van der Waals surface area contributed by atoms with Crippen LogP contribution < -0.4 is 0 Å². The molecule has 0 aromatic carbocycles. The molecule has 1 rings (SSSR count). The van der Waals surface area contributed by atoms with Crippen molar-refractivity contribution in [3.05, 3.63) is 0 Å². The van der Waals surface area contributed by atoms with Crippen molar-refractivity contribution in [2.24, 2.45) is 0 Å². The maximum atomic E-state index is 11.2. The van der Waals surface area contributed by atoms with Crippen molar-refractivity contribution in [3.63, 3.8) is 0 Å². The zero-order valence-electron chi connectivity index (χ0n) is 7.81. The average molecular weight is 218 g/mol. The molecule has 1 aliphatic heterocycles. The van der Waals surface area contributed by atoms with Crippen LogP contribution in [0.2, 0.25) is 0 Å². The van der Waals surface area contributed by atoms with Crippen LogP contribution in [0.15, 0.2) is 0 Å². The summed E-state index contributed by atoms with van der Waals surface area (Å²) >= 11 is -1.83. The molecule has 3 atom stereocenters. The van der Waals surface area contributed by atoms with Gasteiger partial charge in [-0.2, -0.15) is 4.21 Å². The average Bonchev–Trinajstić information content (AvgIpc) is 2.52. The normalized spacial score (nSPS) is 27.6. The highest BCUT2D eigenvalue weighted by atomic mass is 32.2. The second-order valence-electron chi connectivity index (χ2n) is 2.55. The van der Waals surface area contributed by atoms with Crippen LogP contribution in [0.5, 0.6) is 0 Å². The number of rotatable bonds is 2. The van der Waals surface area contributed by atoms with Gasteiger partial charge in [-0.3, -0.25) is 8.37 Å². The molecule has 1 saturated heterocycles. The molecular formula is C8H10O5S. The third kappa shape index (κ3) is 3.10. The Hall–Kier alpha value is -0.900. The summed E-state index contributed by atoms with van der Waals surface area (Å²) in [5.74, 6) is 4.65. The minimum Gasteiger partial charge on any atom is -0.447 e. The number of hydrogen-bond donors (Lipinski definition) is 0.